The summed E-state index contributed by atoms with van der Waals surface area (Å²) >= 11 is 2.82. The van der Waals surface area contributed by atoms with Crippen LogP contribution in [-0.2, 0) is 0 Å². The molecule has 0 radical (unpaired) electrons. The van der Waals surface area contributed by atoms with Crippen LogP contribution in [0.4, 0.5) is 10.8 Å². The molecule has 4 rings (SSSR count). The second-order valence-corrected chi connectivity index (χ2v) is 8.44. The molecule has 3 aromatic rings. The van der Waals surface area contributed by atoms with Crippen molar-refractivity contribution in [3.8, 4) is 11.5 Å². The van der Waals surface area contributed by atoms with E-state index in [0.29, 0.717) is 41.2 Å². The molecule has 0 spiro atoms. The Kier molecular flexibility index (Phi) is 5.78. The molecule has 0 atom stereocenters. The molecule has 0 amide bonds. The van der Waals surface area contributed by atoms with Crippen LogP contribution in [-0.4, -0.2) is 34.9 Å². The van der Waals surface area contributed by atoms with Gasteiger partial charge in [-0.3, -0.25) is 4.79 Å². The monoisotopic (exact) mass is 413 g/mol. The van der Waals surface area contributed by atoms with E-state index in [9.17, 15) is 4.79 Å². The van der Waals surface area contributed by atoms with Crippen molar-refractivity contribution in [2.24, 2.45) is 0 Å². The SMILES string of the molecule is Cc1ccccc1Nc1nnc(SCC(=O)c2ccc3c(c2)OCCCO3)s1. The summed E-state index contributed by atoms with van der Waals surface area (Å²) in [5.74, 6) is 1.63. The van der Waals surface area contributed by atoms with Crippen LogP contribution in [0.25, 0.3) is 0 Å². The minimum absolute atomic E-state index is 0.0178. The van der Waals surface area contributed by atoms with Crippen molar-refractivity contribution < 1.29 is 14.3 Å². The zero-order valence-electron chi connectivity index (χ0n) is 15.3. The summed E-state index contributed by atoms with van der Waals surface area (Å²) in [5.41, 5.74) is 2.74. The maximum atomic E-state index is 12.6. The van der Waals surface area contributed by atoms with E-state index in [1.165, 1.54) is 23.1 Å². The Hall–Kier alpha value is -2.58. The van der Waals surface area contributed by atoms with Crippen LogP contribution in [0.5, 0.6) is 11.5 Å². The number of rotatable bonds is 6. The summed E-state index contributed by atoms with van der Waals surface area (Å²) in [6.07, 6.45) is 0.837. The van der Waals surface area contributed by atoms with Crippen LogP contribution in [0.3, 0.4) is 0 Å². The number of anilines is 2. The van der Waals surface area contributed by atoms with Gasteiger partial charge in [0.15, 0.2) is 21.6 Å². The van der Waals surface area contributed by atoms with Gasteiger partial charge in [0.05, 0.1) is 19.0 Å². The van der Waals surface area contributed by atoms with Crippen LogP contribution < -0.4 is 14.8 Å². The number of hydrogen-bond acceptors (Lipinski definition) is 8. The molecular formula is C20H19N3O3S2. The van der Waals surface area contributed by atoms with E-state index < -0.39 is 0 Å². The minimum atomic E-state index is 0.0178. The third-order valence-corrected chi connectivity index (χ3v) is 6.16. The molecule has 144 valence electrons. The molecule has 0 fully saturated rings. The number of ether oxygens (including phenoxy) is 2. The standard InChI is InChI=1S/C20H19N3O3S2/c1-13-5-2-3-6-15(13)21-19-22-23-20(28-19)27-12-16(24)14-7-8-17-18(11-14)26-10-4-9-25-17/h2-3,5-8,11H,4,9-10,12H2,1H3,(H,21,22). The number of carbonyl (C=O) groups is 1. The Morgan fingerprint density at radius 1 is 1.14 bits per heavy atom. The molecule has 1 N–H and O–H groups in total. The molecule has 2 heterocycles. The number of nitrogens with zero attached hydrogens (tertiary/aromatic N) is 2. The molecule has 8 heteroatoms. The highest BCUT2D eigenvalue weighted by molar-refractivity contribution is 8.01. The van der Waals surface area contributed by atoms with E-state index in [0.717, 1.165) is 22.0 Å². The predicted molar refractivity (Wildman–Crippen MR) is 111 cm³/mol. The highest BCUT2D eigenvalue weighted by atomic mass is 32.2. The number of ketones is 1. The van der Waals surface area contributed by atoms with Crippen molar-refractivity contribution in [3.63, 3.8) is 0 Å². The molecular weight excluding hydrogens is 394 g/mol. The second kappa shape index (κ2) is 8.62. The molecule has 0 bridgehead atoms. The largest absolute Gasteiger partial charge is 0.490 e. The van der Waals surface area contributed by atoms with E-state index in [-0.39, 0.29) is 5.78 Å². The van der Waals surface area contributed by atoms with E-state index in [1.54, 1.807) is 18.2 Å². The topological polar surface area (TPSA) is 73.3 Å². The van der Waals surface area contributed by atoms with E-state index in [4.69, 9.17) is 9.47 Å². The van der Waals surface area contributed by atoms with E-state index in [2.05, 4.69) is 15.5 Å². The number of nitrogens with one attached hydrogen (secondary N) is 1. The molecule has 0 saturated carbocycles. The molecule has 1 aromatic heterocycles. The summed E-state index contributed by atoms with van der Waals surface area (Å²) in [6.45, 7) is 3.26. The van der Waals surface area contributed by atoms with Gasteiger partial charge < -0.3 is 14.8 Å². The highest BCUT2D eigenvalue weighted by Gasteiger charge is 2.15. The van der Waals surface area contributed by atoms with Crippen molar-refractivity contribution in [2.75, 3.05) is 24.3 Å². The van der Waals surface area contributed by atoms with Crippen molar-refractivity contribution in [1.29, 1.82) is 0 Å². The molecule has 0 aliphatic carbocycles. The van der Waals surface area contributed by atoms with Gasteiger partial charge in [0.1, 0.15) is 0 Å². The second-order valence-electron chi connectivity index (χ2n) is 6.24. The van der Waals surface area contributed by atoms with Gasteiger partial charge in [-0.05, 0) is 36.8 Å². The van der Waals surface area contributed by atoms with Crippen LogP contribution in [0.1, 0.15) is 22.3 Å². The first-order valence-corrected chi connectivity index (χ1v) is 10.7. The third-order valence-electron chi connectivity index (χ3n) is 4.19. The van der Waals surface area contributed by atoms with Crippen molar-refractivity contribution in [2.45, 2.75) is 17.7 Å². The van der Waals surface area contributed by atoms with E-state index >= 15 is 0 Å². The van der Waals surface area contributed by atoms with Crippen LogP contribution >= 0.6 is 23.1 Å². The molecule has 1 aliphatic rings. The van der Waals surface area contributed by atoms with Gasteiger partial charge in [0, 0.05) is 17.7 Å². The smallest absolute Gasteiger partial charge is 0.210 e. The number of benzene rings is 2. The molecule has 6 nitrogen and oxygen atoms in total. The fourth-order valence-corrected chi connectivity index (χ4v) is 4.35. The van der Waals surface area contributed by atoms with Crippen LogP contribution in [0, 0.1) is 6.92 Å². The number of Topliss-reactive ketones (excluding diaryl/α,β-unsaturated/α-hetero) is 1. The normalized spacial score (nSPS) is 13.0. The van der Waals surface area contributed by atoms with Crippen molar-refractivity contribution in [1.82, 2.24) is 10.2 Å². The maximum Gasteiger partial charge on any atom is 0.210 e. The van der Waals surface area contributed by atoms with Crippen molar-refractivity contribution in [3.05, 3.63) is 53.6 Å². The number of fused-ring (bicyclic) bond motifs is 1. The zero-order chi connectivity index (χ0) is 19.3. The number of carbonyl (C=O) groups excluding carboxylic acids is 1. The van der Waals surface area contributed by atoms with Crippen LogP contribution in [0.2, 0.25) is 0 Å². The Morgan fingerprint density at radius 2 is 1.96 bits per heavy atom. The first-order chi connectivity index (χ1) is 13.7. The van der Waals surface area contributed by atoms with E-state index in [1.807, 2.05) is 31.2 Å². The fraction of sp³-hybridized carbons (Fsp3) is 0.250. The van der Waals surface area contributed by atoms with Gasteiger partial charge in [0.25, 0.3) is 0 Å². The summed E-state index contributed by atoms with van der Waals surface area (Å²) in [4.78, 5) is 12.6. The molecule has 2 aromatic carbocycles. The Morgan fingerprint density at radius 3 is 2.82 bits per heavy atom. The zero-order valence-corrected chi connectivity index (χ0v) is 16.9. The average Bonchev–Trinajstić information content (AvgIpc) is 3.02. The number of aryl methyl sites for hydroxylation is 1. The summed E-state index contributed by atoms with van der Waals surface area (Å²) in [5, 5.41) is 12.3. The minimum Gasteiger partial charge on any atom is -0.490 e. The lowest BCUT2D eigenvalue weighted by molar-refractivity contribution is 0.102. The summed E-state index contributed by atoms with van der Waals surface area (Å²) in [6, 6.07) is 13.3. The Balaban J connectivity index is 1.37. The fourth-order valence-electron chi connectivity index (χ4n) is 2.69. The first kappa shape index (κ1) is 18.8. The number of para-hydroxylation sites is 1. The summed E-state index contributed by atoms with van der Waals surface area (Å²) < 4.78 is 12.0. The van der Waals surface area contributed by atoms with Gasteiger partial charge in [-0.1, -0.05) is 41.3 Å². The molecule has 28 heavy (non-hydrogen) atoms. The first-order valence-electron chi connectivity index (χ1n) is 8.91. The molecule has 0 saturated heterocycles. The summed E-state index contributed by atoms with van der Waals surface area (Å²) in [7, 11) is 0. The molecule has 1 aliphatic heterocycles. The number of thioether (sulfide) groups is 1. The van der Waals surface area contributed by atoms with Gasteiger partial charge >= 0.3 is 0 Å². The van der Waals surface area contributed by atoms with Gasteiger partial charge in [-0.2, -0.15) is 0 Å². The molecule has 0 unspecified atom stereocenters. The lowest BCUT2D eigenvalue weighted by atomic mass is 10.1. The van der Waals surface area contributed by atoms with Gasteiger partial charge in [-0.15, -0.1) is 10.2 Å². The third kappa shape index (κ3) is 4.45. The average molecular weight is 414 g/mol. The van der Waals surface area contributed by atoms with Crippen molar-refractivity contribution >= 4 is 39.7 Å². The predicted octanol–water partition coefficient (Wildman–Crippen LogP) is 4.73. The highest BCUT2D eigenvalue weighted by Crippen LogP contribution is 2.32. The van der Waals surface area contributed by atoms with Crippen LogP contribution in [0.15, 0.2) is 46.8 Å². The lowest BCUT2D eigenvalue weighted by Gasteiger charge is -2.08. The number of hydrogen-bond donors (Lipinski definition) is 1. The Bertz CT molecular complexity index is 990. The lowest BCUT2D eigenvalue weighted by Crippen LogP contribution is -2.03. The van der Waals surface area contributed by atoms with Gasteiger partial charge in [-0.25, -0.2) is 0 Å². The van der Waals surface area contributed by atoms with Gasteiger partial charge in [0.2, 0.25) is 5.13 Å². The number of aromatic nitrogens is 2. The quantitative estimate of drug-likeness (QED) is 0.463. The Labute approximate surface area is 171 Å². The maximum absolute atomic E-state index is 12.6.